The van der Waals surface area contributed by atoms with Gasteiger partial charge >= 0.3 is 0 Å². The van der Waals surface area contributed by atoms with Crippen LogP contribution in [0.3, 0.4) is 0 Å². The molecule has 1 fully saturated rings. The number of nitrogens with zero attached hydrogens (tertiary/aromatic N) is 3. The van der Waals surface area contributed by atoms with Crippen LogP contribution >= 0.6 is 0 Å². The summed E-state index contributed by atoms with van der Waals surface area (Å²) >= 11 is 0. The van der Waals surface area contributed by atoms with Crippen LogP contribution in [0, 0.1) is 5.92 Å². The predicted molar refractivity (Wildman–Crippen MR) is 108 cm³/mol. The summed E-state index contributed by atoms with van der Waals surface area (Å²) in [7, 11) is 0. The van der Waals surface area contributed by atoms with Gasteiger partial charge in [-0.25, -0.2) is 0 Å². The fourth-order valence-corrected chi connectivity index (χ4v) is 4.24. The summed E-state index contributed by atoms with van der Waals surface area (Å²) in [6.45, 7) is 5.69. The maximum atomic E-state index is 12.9. The smallest absolute Gasteiger partial charge is 0.255 e. The van der Waals surface area contributed by atoms with Crippen LogP contribution in [0.2, 0.25) is 0 Å². The zero-order chi connectivity index (χ0) is 19.3. The summed E-state index contributed by atoms with van der Waals surface area (Å²) in [6.07, 6.45) is 10.3. The number of aromatic nitrogens is 3. The zero-order valence-corrected chi connectivity index (χ0v) is 16.5. The van der Waals surface area contributed by atoms with Crippen LogP contribution in [0.15, 0.2) is 24.3 Å². The molecule has 0 bridgehead atoms. The van der Waals surface area contributed by atoms with E-state index in [0.717, 1.165) is 37.4 Å². The molecule has 28 heavy (non-hydrogen) atoms. The molecule has 1 aromatic heterocycles. The molecule has 2 aliphatic rings. The van der Waals surface area contributed by atoms with Gasteiger partial charge in [-0.05, 0) is 51.0 Å². The van der Waals surface area contributed by atoms with Crippen molar-refractivity contribution in [3.05, 3.63) is 29.8 Å². The Kier molecular flexibility index (Phi) is 5.90. The Morgan fingerprint density at radius 2 is 2.14 bits per heavy atom. The third kappa shape index (κ3) is 4.35. The first-order valence-corrected chi connectivity index (χ1v) is 10.4. The SMILES string of the molecule is CCOc1cc2nn[nH]c2cc1C(=O)NC1CCN(CC2CC=CCC2)CC1. The lowest BCUT2D eigenvalue weighted by molar-refractivity contribution is 0.0901. The highest BCUT2D eigenvalue weighted by Crippen LogP contribution is 2.25. The van der Waals surface area contributed by atoms with Crippen LogP contribution in [0.5, 0.6) is 5.75 Å². The van der Waals surface area contributed by atoms with Crippen molar-refractivity contribution in [3.63, 3.8) is 0 Å². The second-order valence-electron chi connectivity index (χ2n) is 7.81. The predicted octanol–water partition coefficient (Wildman–Crippen LogP) is 2.91. The first-order chi connectivity index (χ1) is 13.7. The first kappa shape index (κ1) is 18.9. The van der Waals surface area contributed by atoms with Gasteiger partial charge < -0.3 is 15.0 Å². The molecule has 1 aliphatic heterocycles. The molecule has 1 unspecified atom stereocenters. The molecule has 1 atom stereocenters. The summed E-state index contributed by atoms with van der Waals surface area (Å²) < 4.78 is 5.67. The average Bonchev–Trinajstić information content (AvgIpc) is 3.17. The van der Waals surface area contributed by atoms with Gasteiger partial charge in [0.15, 0.2) is 0 Å². The number of likely N-dealkylation sites (tertiary alicyclic amines) is 1. The quantitative estimate of drug-likeness (QED) is 0.750. The van der Waals surface area contributed by atoms with Gasteiger partial charge in [0.1, 0.15) is 11.3 Å². The van der Waals surface area contributed by atoms with Gasteiger partial charge in [-0.15, -0.1) is 5.10 Å². The van der Waals surface area contributed by atoms with Crippen LogP contribution in [0.1, 0.15) is 49.4 Å². The molecule has 1 aromatic carbocycles. The number of fused-ring (bicyclic) bond motifs is 1. The molecular weight excluding hydrogens is 354 g/mol. The molecule has 2 N–H and O–H groups in total. The third-order valence-electron chi connectivity index (χ3n) is 5.79. The number of piperidine rings is 1. The van der Waals surface area contributed by atoms with E-state index < -0.39 is 0 Å². The largest absolute Gasteiger partial charge is 0.493 e. The van der Waals surface area contributed by atoms with E-state index in [1.807, 2.05) is 6.92 Å². The van der Waals surface area contributed by atoms with Crippen LogP contribution < -0.4 is 10.1 Å². The Morgan fingerprint density at radius 3 is 2.89 bits per heavy atom. The number of hydrogen-bond donors (Lipinski definition) is 2. The van der Waals surface area contributed by atoms with Crippen molar-refractivity contribution in [1.29, 1.82) is 0 Å². The minimum Gasteiger partial charge on any atom is -0.493 e. The molecule has 2 heterocycles. The molecule has 0 spiro atoms. The number of carbonyl (C=O) groups excluding carboxylic acids is 1. The molecular formula is C21H29N5O2. The molecule has 0 saturated carbocycles. The Bertz CT molecular complexity index is 838. The summed E-state index contributed by atoms with van der Waals surface area (Å²) in [6, 6.07) is 3.76. The maximum Gasteiger partial charge on any atom is 0.255 e. The Hall–Kier alpha value is -2.41. The van der Waals surface area contributed by atoms with E-state index in [9.17, 15) is 4.79 Å². The van der Waals surface area contributed by atoms with Crippen molar-refractivity contribution >= 4 is 16.9 Å². The number of H-pyrrole nitrogens is 1. The van der Waals surface area contributed by atoms with E-state index in [-0.39, 0.29) is 11.9 Å². The number of aromatic amines is 1. The standard InChI is InChI=1S/C21H29N5O2/c1-2-28-20-13-19-18(23-25-24-19)12-17(20)21(27)22-16-8-10-26(11-9-16)14-15-6-4-3-5-7-15/h3-4,12-13,15-16H,2,5-11,14H2,1H3,(H,22,27)(H,23,24,25). The van der Waals surface area contributed by atoms with Gasteiger partial charge in [-0.2, -0.15) is 0 Å². The molecule has 1 amide bonds. The molecule has 7 nitrogen and oxygen atoms in total. The summed E-state index contributed by atoms with van der Waals surface area (Å²) in [5.41, 5.74) is 1.98. The Labute approximate surface area is 165 Å². The topological polar surface area (TPSA) is 83.1 Å². The monoisotopic (exact) mass is 383 g/mol. The van der Waals surface area contributed by atoms with Crippen LogP contribution in [0.25, 0.3) is 11.0 Å². The van der Waals surface area contributed by atoms with Crippen molar-refractivity contribution in [2.75, 3.05) is 26.2 Å². The molecule has 1 saturated heterocycles. The summed E-state index contributed by atoms with van der Waals surface area (Å²) in [4.78, 5) is 15.5. The van der Waals surface area contributed by atoms with E-state index in [2.05, 4.69) is 37.8 Å². The van der Waals surface area contributed by atoms with Crippen molar-refractivity contribution in [2.24, 2.45) is 5.92 Å². The Morgan fingerprint density at radius 1 is 1.29 bits per heavy atom. The van der Waals surface area contributed by atoms with Gasteiger partial charge in [0.25, 0.3) is 5.91 Å². The molecule has 7 heteroatoms. The highest BCUT2D eigenvalue weighted by molar-refractivity contribution is 6.00. The van der Waals surface area contributed by atoms with Crippen LogP contribution in [-0.2, 0) is 0 Å². The van der Waals surface area contributed by atoms with E-state index in [0.29, 0.717) is 23.4 Å². The number of carbonyl (C=O) groups is 1. The molecule has 4 rings (SSSR count). The summed E-state index contributed by atoms with van der Waals surface area (Å²) in [5, 5.41) is 13.8. The normalized spacial score (nSPS) is 21.1. The van der Waals surface area contributed by atoms with Gasteiger partial charge in [-0.1, -0.05) is 17.4 Å². The number of hydrogen-bond acceptors (Lipinski definition) is 5. The fourth-order valence-electron chi connectivity index (χ4n) is 4.24. The van der Waals surface area contributed by atoms with Crippen molar-refractivity contribution in [3.8, 4) is 5.75 Å². The van der Waals surface area contributed by atoms with Gasteiger partial charge in [0, 0.05) is 31.7 Å². The fraction of sp³-hybridized carbons (Fsp3) is 0.571. The first-order valence-electron chi connectivity index (χ1n) is 10.4. The van der Waals surface area contributed by atoms with Gasteiger partial charge in [-0.3, -0.25) is 9.89 Å². The van der Waals surface area contributed by atoms with Crippen molar-refractivity contribution < 1.29 is 9.53 Å². The lowest BCUT2D eigenvalue weighted by Crippen LogP contribution is -2.45. The van der Waals surface area contributed by atoms with Crippen molar-refractivity contribution in [1.82, 2.24) is 25.6 Å². The third-order valence-corrected chi connectivity index (χ3v) is 5.79. The average molecular weight is 383 g/mol. The van der Waals surface area contributed by atoms with Crippen molar-refractivity contribution in [2.45, 2.75) is 45.1 Å². The molecule has 1 aliphatic carbocycles. The minimum absolute atomic E-state index is 0.0872. The number of benzene rings is 1. The minimum atomic E-state index is -0.0872. The Balaban J connectivity index is 1.34. The number of ether oxygens (including phenoxy) is 1. The van der Waals surface area contributed by atoms with Gasteiger partial charge in [0.05, 0.1) is 17.7 Å². The lowest BCUT2D eigenvalue weighted by atomic mass is 9.93. The van der Waals surface area contributed by atoms with E-state index in [4.69, 9.17) is 4.74 Å². The number of nitrogens with one attached hydrogen (secondary N) is 2. The van der Waals surface area contributed by atoms with Crippen LogP contribution in [0.4, 0.5) is 0 Å². The second-order valence-corrected chi connectivity index (χ2v) is 7.81. The lowest BCUT2D eigenvalue weighted by Gasteiger charge is -2.35. The highest BCUT2D eigenvalue weighted by Gasteiger charge is 2.24. The summed E-state index contributed by atoms with van der Waals surface area (Å²) in [5.74, 6) is 1.26. The zero-order valence-electron chi connectivity index (χ0n) is 16.5. The van der Waals surface area contributed by atoms with Crippen LogP contribution in [-0.4, -0.2) is 58.5 Å². The second kappa shape index (κ2) is 8.73. The van der Waals surface area contributed by atoms with E-state index in [1.54, 1.807) is 12.1 Å². The van der Waals surface area contributed by atoms with E-state index >= 15 is 0 Å². The maximum absolute atomic E-state index is 12.9. The molecule has 150 valence electrons. The number of allylic oxidation sites excluding steroid dienone is 2. The number of rotatable bonds is 6. The molecule has 0 radical (unpaired) electrons. The van der Waals surface area contributed by atoms with Gasteiger partial charge in [0.2, 0.25) is 0 Å². The highest BCUT2D eigenvalue weighted by atomic mass is 16.5. The molecule has 2 aromatic rings. The van der Waals surface area contributed by atoms with E-state index in [1.165, 1.54) is 25.8 Å². The number of amides is 1.